The zero-order valence-electron chi connectivity index (χ0n) is 12.5. The highest BCUT2D eigenvalue weighted by Crippen LogP contribution is 2.38. The molecular weight excluding hydrogens is 268 g/mol. The van der Waals surface area contributed by atoms with Gasteiger partial charge in [-0.25, -0.2) is 9.97 Å². The summed E-state index contributed by atoms with van der Waals surface area (Å²) < 4.78 is 4.99. The average molecular weight is 292 g/mol. The zero-order chi connectivity index (χ0) is 14.7. The highest BCUT2D eigenvalue weighted by molar-refractivity contribution is 5.33. The summed E-state index contributed by atoms with van der Waals surface area (Å²) in [5.74, 6) is 1.81. The van der Waals surface area contributed by atoms with Gasteiger partial charge in [-0.05, 0) is 18.8 Å². The molecule has 6 heteroatoms. The van der Waals surface area contributed by atoms with Crippen LogP contribution in [0.1, 0.15) is 18.4 Å². The molecule has 1 aromatic rings. The lowest BCUT2D eigenvalue weighted by molar-refractivity contribution is 0.133. The van der Waals surface area contributed by atoms with Gasteiger partial charge in [0.05, 0.1) is 12.7 Å². The van der Waals surface area contributed by atoms with Gasteiger partial charge in [-0.1, -0.05) is 0 Å². The van der Waals surface area contributed by atoms with Gasteiger partial charge in [0.1, 0.15) is 0 Å². The van der Waals surface area contributed by atoms with Crippen molar-refractivity contribution in [3.63, 3.8) is 0 Å². The van der Waals surface area contributed by atoms with E-state index in [-0.39, 0.29) is 6.10 Å². The third-order valence-electron chi connectivity index (χ3n) is 4.61. The van der Waals surface area contributed by atoms with Crippen molar-refractivity contribution in [3.05, 3.63) is 18.0 Å². The minimum absolute atomic E-state index is 0.135. The Morgan fingerprint density at radius 3 is 2.86 bits per heavy atom. The molecule has 6 nitrogen and oxygen atoms in total. The van der Waals surface area contributed by atoms with Gasteiger partial charge in [0.15, 0.2) is 0 Å². The quantitative estimate of drug-likeness (QED) is 0.741. The molecule has 21 heavy (non-hydrogen) atoms. The maximum absolute atomic E-state index is 9.96. The van der Waals surface area contributed by atoms with Gasteiger partial charge in [-0.15, -0.1) is 0 Å². The summed E-state index contributed by atoms with van der Waals surface area (Å²) in [6.07, 6.45) is 5.71. The lowest BCUT2D eigenvalue weighted by Gasteiger charge is -2.18. The molecule has 2 fully saturated rings. The van der Waals surface area contributed by atoms with Gasteiger partial charge in [0, 0.05) is 57.2 Å². The summed E-state index contributed by atoms with van der Waals surface area (Å²) >= 11 is 0. The fraction of sp³-hybridized carbons (Fsp3) is 0.733. The lowest BCUT2D eigenvalue weighted by Crippen LogP contribution is -2.26. The number of nitrogens with zero attached hydrogens (tertiary/aromatic N) is 3. The second-order valence-corrected chi connectivity index (χ2v) is 6.03. The molecule has 0 spiro atoms. The van der Waals surface area contributed by atoms with Crippen molar-refractivity contribution in [1.82, 2.24) is 15.3 Å². The van der Waals surface area contributed by atoms with Crippen LogP contribution >= 0.6 is 0 Å². The van der Waals surface area contributed by atoms with Crippen molar-refractivity contribution < 1.29 is 9.84 Å². The maximum atomic E-state index is 9.96. The van der Waals surface area contributed by atoms with Crippen LogP contribution in [0.25, 0.3) is 0 Å². The van der Waals surface area contributed by atoms with Crippen LogP contribution in [-0.2, 0) is 11.3 Å². The first kappa shape index (κ1) is 14.7. The molecule has 1 aliphatic heterocycles. The largest absolute Gasteiger partial charge is 0.393 e. The number of anilines is 1. The van der Waals surface area contributed by atoms with Crippen LogP contribution in [0.3, 0.4) is 0 Å². The fourth-order valence-corrected chi connectivity index (χ4v) is 3.41. The van der Waals surface area contributed by atoms with Crippen LogP contribution < -0.4 is 10.2 Å². The molecule has 1 aliphatic carbocycles. The van der Waals surface area contributed by atoms with Crippen LogP contribution in [0.2, 0.25) is 0 Å². The first-order chi connectivity index (χ1) is 10.3. The van der Waals surface area contributed by atoms with E-state index in [1.807, 2.05) is 12.4 Å². The SMILES string of the molecule is COCCNCc1cnc(N2CC3CCC(O)C3C2)nc1. The minimum Gasteiger partial charge on any atom is -0.393 e. The van der Waals surface area contributed by atoms with Crippen molar-refractivity contribution in [1.29, 1.82) is 0 Å². The van der Waals surface area contributed by atoms with Crippen LogP contribution in [-0.4, -0.2) is 54.5 Å². The van der Waals surface area contributed by atoms with Crippen molar-refractivity contribution in [2.45, 2.75) is 25.5 Å². The molecule has 0 amide bonds. The molecule has 1 saturated carbocycles. The Morgan fingerprint density at radius 2 is 2.14 bits per heavy atom. The maximum Gasteiger partial charge on any atom is 0.225 e. The topological polar surface area (TPSA) is 70.5 Å². The molecule has 3 atom stereocenters. The molecule has 1 saturated heterocycles. The van der Waals surface area contributed by atoms with Gasteiger partial charge < -0.3 is 20.1 Å². The fourth-order valence-electron chi connectivity index (χ4n) is 3.41. The Kier molecular flexibility index (Phi) is 4.67. The Labute approximate surface area is 125 Å². The van der Waals surface area contributed by atoms with Crippen LogP contribution in [0, 0.1) is 11.8 Å². The Balaban J connectivity index is 1.53. The highest BCUT2D eigenvalue weighted by atomic mass is 16.5. The summed E-state index contributed by atoms with van der Waals surface area (Å²) in [7, 11) is 1.70. The predicted molar refractivity (Wildman–Crippen MR) is 80.0 cm³/mol. The molecule has 2 heterocycles. The number of hydrogen-bond donors (Lipinski definition) is 2. The number of fused-ring (bicyclic) bond motifs is 1. The summed E-state index contributed by atoms with van der Waals surface area (Å²) in [4.78, 5) is 11.2. The first-order valence-electron chi connectivity index (χ1n) is 7.71. The Morgan fingerprint density at radius 1 is 1.33 bits per heavy atom. The number of ether oxygens (including phenoxy) is 1. The number of aromatic nitrogens is 2. The molecular formula is C15H24N4O2. The smallest absolute Gasteiger partial charge is 0.225 e. The van der Waals surface area contributed by atoms with Crippen molar-refractivity contribution in [2.75, 3.05) is 38.3 Å². The Hall–Kier alpha value is -1.24. The minimum atomic E-state index is -0.135. The van der Waals surface area contributed by atoms with Gasteiger partial charge in [0.25, 0.3) is 0 Å². The molecule has 2 aliphatic rings. The van der Waals surface area contributed by atoms with Crippen LogP contribution in [0.5, 0.6) is 0 Å². The van der Waals surface area contributed by atoms with E-state index in [2.05, 4.69) is 20.2 Å². The van der Waals surface area contributed by atoms with E-state index >= 15 is 0 Å². The summed E-state index contributed by atoms with van der Waals surface area (Å²) in [5, 5.41) is 13.2. The first-order valence-corrected chi connectivity index (χ1v) is 7.71. The number of hydrogen-bond acceptors (Lipinski definition) is 6. The third-order valence-corrected chi connectivity index (χ3v) is 4.61. The van der Waals surface area contributed by atoms with Crippen LogP contribution in [0.4, 0.5) is 5.95 Å². The van der Waals surface area contributed by atoms with E-state index in [4.69, 9.17) is 4.74 Å². The number of nitrogens with one attached hydrogen (secondary N) is 1. The number of aliphatic hydroxyl groups excluding tert-OH is 1. The van der Waals surface area contributed by atoms with E-state index in [0.717, 1.165) is 50.5 Å². The van der Waals surface area contributed by atoms with Gasteiger partial charge in [0.2, 0.25) is 5.95 Å². The van der Waals surface area contributed by atoms with E-state index in [1.165, 1.54) is 0 Å². The summed E-state index contributed by atoms with van der Waals surface area (Å²) in [6.45, 7) is 4.15. The summed E-state index contributed by atoms with van der Waals surface area (Å²) in [5.41, 5.74) is 1.08. The average Bonchev–Trinajstić information content (AvgIpc) is 3.07. The van der Waals surface area contributed by atoms with E-state index in [9.17, 15) is 5.11 Å². The van der Waals surface area contributed by atoms with Crippen LogP contribution in [0.15, 0.2) is 12.4 Å². The van der Waals surface area contributed by atoms with E-state index < -0.39 is 0 Å². The molecule has 0 aromatic carbocycles. The number of aliphatic hydroxyl groups is 1. The molecule has 0 bridgehead atoms. The van der Waals surface area contributed by atoms with E-state index in [0.29, 0.717) is 18.4 Å². The van der Waals surface area contributed by atoms with Crippen molar-refractivity contribution in [3.8, 4) is 0 Å². The normalized spacial score (nSPS) is 28.1. The van der Waals surface area contributed by atoms with Crippen molar-refractivity contribution >= 4 is 5.95 Å². The number of methoxy groups -OCH3 is 1. The van der Waals surface area contributed by atoms with Gasteiger partial charge in [-0.2, -0.15) is 0 Å². The monoisotopic (exact) mass is 292 g/mol. The summed E-state index contributed by atoms with van der Waals surface area (Å²) in [6, 6.07) is 0. The highest BCUT2D eigenvalue weighted by Gasteiger charge is 2.42. The second kappa shape index (κ2) is 6.68. The predicted octanol–water partition coefficient (Wildman–Crippen LogP) is 0.420. The zero-order valence-corrected chi connectivity index (χ0v) is 12.5. The molecule has 3 rings (SSSR count). The lowest BCUT2D eigenvalue weighted by atomic mass is 10.00. The third kappa shape index (κ3) is 3.33. The Bertz CT molecular complexity index is 453. The molecule has 2 N–H and O–H groups in total. The van der Waals surface area contributed by atoms with E-state index in [1.54, 1.807) is 7.11 Å². The number of rotatable bonds is 6. The standard InChI is InChI=1S/C15H24N4O2/c1-21-5-4-16-6-11-7-17-15(18-8-11)19-9-12-2-3-14(20)13(12)10-19/h7-8,12-14,16,20H,2-6,9-10H2,1H3. The molecule has 0 radical (unpaired) electrons. The molecule has 1 aromatic heterocycles. The van der Waals surface area contributed by atoms with Gasteiger partial charge in [-0.3, -0.25) is 0 Å². The molecule has 3 unspecified atom stereocenters. The second-order valence-electron chi connectivity index (χ2n) is 6.03. The van der Waals surface area contributed by atoms with Crippen molar-refractivity contribution in [2.24, 2.45) is 11.8 Å². The van der Waals surface area contributed by atoms with Gasteiger partial charge >= 0.3 is 0 Å². The molecule has 116 valence electrons.